The Bertz CT molecular complexity index is 719. The molecule has 1 fully saturated rings. The summed E-state index contributed by atoms with van der Waals surface area (Å²) in [7, 11) is 1.76. The van der Waals surface area contributed by atoms with Crippen molar-refractivity contribution in [1.29, 1.82) is 0 Å². The van der Waals surface area contributed by atoms with Gasteiger partial charge in [0.1, 0.15) is 18.0 Å². The predicted molar refractivity (Wildman–Crippen MR) is 121 cm³/mol. The number of likely N-dealkylation sites (tertiary alicyclic amines) is 1. The summed E-state index contributed by atoms with van der Waals surface area (Å²) in [4.78, 5) is 18.3. The highest BCUT2D eigenvalue weighted by Crippen LogP contribution is 2.20. The molecule has 0 spiro atoms. The average Bonchev–Trinajstić information content (AvgIpc) is 2.72. The van der Waals surface area contributed by atoms with Crippen molar-refractivity contribution >= 4 is 12.1 Å². The lowest BCUT2D eigenvalue weighted by molar-refractivity contribution is 0.0185. The molecule has 2 rings (SSSR count). The minimum atomic E-state index is -0.455. The maximum Gasteiger partial charge on any atom is 0.410 e. The van der Waals surface area contributed by atoms with Crippen LogP contribution in [0.1, 0.15) is 39.2 Å². The Kier molecular flexibility index (Phi) is 9.02. The van der Waals surface area contributed by atoms with Crippen LogP contribution in [0.4, 0.5) is 4.79 Å². The van der Waals surface area contributed by atoms with Crippen molar-refractivity contribution in [2.24, 2.45) is 10.9 Å². The zero-order chi connectivity index (χ0) is 22.0. The van der Waals surface area contributed by atoms with Crippen LogP contribution >= 0.6 is 0 Å². The van der Waals surface area contributed by atoms with Crippen molar-refractivity contribution in [1.82, 2.24) is 15.5 Å². The molecule has 1 amide bonds. The quantitative estimate of drug-likeness (QED) is 0.404. The van der Waals surface area contributed by atoms with Crippen LogP contribution in [0.3, 0.4) is 0 Å². The summed E-state index contributed by atoms with van der Waals surface area (Å²) in [5, 5.41) is 6.74. The van der Waals surface area contributed by atoms with E-state index in [2.05, 4.69) is 22.2 Å². The number of amides is 1. The van der Waals surface area contributed by atoms with Gasteiger partial charge in [0.2, 0.25) is 0 Å². The molecule has 166 valence electrons. The molecule has 7 nitrogen and oxygen atoms in total. The van der Waals surface area contributed by atoms with Crippen molar-refractivity contribution in [2.75, 3.05) is 33.3 Å². The molecule has 7 heteroatoms. The lowest BCUT2D eigenvalue weighted by Crippen LogP contribution is -2.45. The van der Waals surface area contributed by atoms with Gasteiger partial charge in [0.15, 0.2) is 5.96 Å². The highest BCUT2D eigenvalue weighted by atomic mass is 16.6. The third-order valence-corrected chi connectivity index (χ3v) is 4.82. The van der Waals surface area contributed by atoms with Crippen LogP contribution in [0.15, 0.2) is 41.9 Å². The molecule has 2 N–H and O–H groups in total. The molecule has 1 heterocycles. The second-order valence-electron chi connectivity index (χ2n) is 8.42. The molecule has 0 bridgehead atoms. The van der Waals surface area contributed by atoms with Crippen LogP contribution in [0, 0.1) is 5.92 Å². The molecule has 0 atom stereocenters. The van der Waals surface area contributed by atoms with E-state index < -0.39 is 5.60 Å². The number of aliphatic imine (C=N–C) groups is 1. The smallest absolute Gasteiger partial charge is 0.410 e. The van der Waals surface area contributed by atoms with Gasteiger partial charge < -0.3 is 25.0 Å². The van der Waals surface area contributed by atoms with Crippen LogP contribution < -0.4 is 15.4 Å². The van der Waals surface area contributed by atoms with Gasteiger partial charge in [-0.1, -0.05) is 30.9 Å². The van der Waals surface area contributed by atoms with E-state index in [1.165, 1.54) is 0 Å². The van der Waals surface area contributed by atoms with Gasteiger partial charge in [-0.2, -0.15) is 0 Å². The molecule has 1 aliphatic heterocycles. The minimum absolute atomic E-state index is 0.219. The molecule has 0 radical (unpaired) electrons. The molecule has 30 heavy (non-hydrogen) atoms. The van der Waals surface area contributed by atoms with E-state index in [0.717, 1.165) is 49.7 Å². The molecule has 0 unspecified atom stereocenters. The van der Waals surface area contributed by atoms with Crippen molar-refractivity contribution in [3.63, 3.8) is 0 Å². The van der Waals surface area contributed by atoms with E-state index >= 15 is 0 Å². The zero-order valence-electron chi connectivity index (χ0n) is 18.7. The number of nitrogens with one attached hydrogen (secondary N) is 2. The monoisotopic (exact) mass is 416 g/mol. The first kappa shape index (κ1) is 23.6. The van der Waals surface area contributed by atoms with Crippen LogP contribution in [-0.4, -0.2) is 55.8 Å². The van der Waals surface area contributed by atoms with Gasteiger partial charge >= 0.3 is 6.09 Å². The number of guanidine groups is 1. The number of ether oxygens (including phenoxy) is 2. The Balaban J connectivity index is 1.75. The van der Waals surface area contributed by atoms with Gasteiger partial charge in [0.25, 0.3) is 0 Å². The maximum atomic E-state index is 12.2. The summed E-state index contributed by atoms with van der Waals surface area (Å²) in [6, 6.07) is 7.94. The number of hydrogen-bond acceptors (Lipinski definition) is 4. The number of benzene rings is 1. The minimum Gasteiger partial charge on any atom is -0.489 e. The third kappa shape index (κ3) is 7.97. The molecular formula is C23H36N4O3. The van der Waals surface area contributed by atoms with Crippen LogP contribution in [0.25, 0.3) is 0 Å². The lowest BCUT2D eigenvalue weighted by atomic mass is 9.97. The molecule has 0 aliphatic carbocycles. The van der Waals surface area contributed by atoms with Crippen LogP contribution in [0.2, 0.25) is 0 Å². The molecule has 1 aliphatic rings. The molecule has 1 saturated heterocycles. The van der Waals surface area contributed by atoms with Crippen molar-refractivity contribution in [3.05, 3.63) is 42.5 Å². The summed E-state index contributed by atoms with van der Waals surface area (Å²) in [5.41, 5.74) is 0.608. The van der Waals surface area contributed by atoms with Crippen LogP contribution in [-0.2, 0) is 11.3 Å². The fraction of sp³-hybridized carbons (Fsp3) is 0.565. The van der Waals surface area contributed by atoms with Gasteiger partial charge in [0.05, 0.1) is 0 Å². The number of nitrogens with zero attached hydrogens (tertiary/aromatic N) is 2. The first-order valence-electron chi connectivity index (χ1n) is 10.6. The highest BCUT2D eigenvalue weighted by Gasteiger charge is 2.26. The van der Waals surface area contributed by atoms with Gasteiger partial charge in [0, 0.05) is 38.8 Å². The van der Waals surface area contributed by atoms with Gasteiger partial charge in [-0.15, -0.1) is 0 Å². The van der Waals surface area contributed by atoms with E-state index in [1.54, 1.807) is 18.0 Å². The van der Waals surface area contributed by atoms with Crippen molar-refractivity contribution in [3.8, 4) is 5.75 Å². The molecule has 0 saturated carbocycles. The normalized spacial score (nSPS) is 15.5. The topological polar surface area (TPSA) is 75.2 Å². The first-order chi connectivity index (χ1) is 14.3. The Morgan fingerprint density at radius 1 is 1.27 bits per heavy atom. The number of carbonyl (C=O) groups is 1. The van der Waals surface area contributed by atoms with Crippen LogP contribution in [0.5, 0.6) is 5.75 Å². The fourth-order valence-corrected chi connectivity index (χ4v) is 3.23. The Labute approximate surface area is 180 Å². The Morgan fingerprint density at radius 2 is 1.97 bits per heavy atom. The van der Waals surface area contributed by atoms with E-state index in [4.69, 9.17) is 9.47 Å². The van der Waals surface area contributed by atoms with E-state index in [0.29, 0.717) is 19.1 Å². The summed E-state index contributed by atoms with van der Waals surface area (Å²) in [6.45, 7) is 12.7. The number of para-hydroxylation sites is 1. The molecule has 0 aromatic heterocycles. The summed E-state index contributed by atoms with van der Waals surface area (Å²) >= 11 is 0. The SMILES string of the molecule is C=CCOc1ccccc1CNC(=NC)NCC1CCN(C(=O)OC(C)(C)C)CC1. The highest BCUT2D eigenvalue weighted by molar-refractivity contribution is 5.79. The summed E-state index contributed by atoms with van der Waals surface area (Å²) < 4.78 is 11.2. The lowest BCUT2D eigenvalue weighted by Gasteiger charge is -2.33. The summed E-state index contributed by atoms with van der Waals surface area (Å²) in [6.07, 6.45) is 3.41. The summed E-state index contributed by atoms with van der Waals surface area (Å²) in [5.74, 6) is 2.09. The number of carbonyl (C=O) groups excluding carboxylic acids is 1. The largest absolute Gasteiger partial charge is 0.489 e. The number of hydrogen-bond donors (Lipinski definition) is 2. The predicted octanol–water partition coefficient (Wildman–Crippen LogP) is 3.56. The number of piperidine rings is 1. The first-order valence-corrected chi connectivity index (χ1v) is 10.6. The Morgan fingerprint density at radius 3 is 2.60 bits per heavy atom. The van der Waals surface area contributed by atoms with Crippen molar-refractivity contribution in [2.45, 2.75) is 45.8 Å². The third-order valence-electron chi connectivity index (χ3n) is 4.82. The van der Waals surface area contributed by atoms with E-state index in [-0.39, 0.29) is 6.09 Å². The van der Waals surface area contributed by atoms with E-state index in [1.807, 2.05) is 45.0 Å². The second kappa shape index (κ2) is 11.5. The maximum absolute atomic E-state index is 12.2. The Hall–Kier alpha value is -2.70. The van der Waals surface area contributed by atoms with Gasteiger partial charge in [-0.25, -0.2) is 4.79 Å². The standard InChI is InChI=1S/C23H36N4O3/c1-6-15-29-20-10-8-7-9-19(20)17-26-21(24-5)25-16-18-11-13-27(14-12-18)22(28)30-23(2,3)4/h6-10,18H,1,11-17H2,2-5H3,(H2,24,25,26). The zero-order valence-corrected chi connectivity index (χ0v) is 18.7. The second-order valence-corrected chi connectivity index (χ2v) is 8.42. The molecule has 1 aromatic carbocycles. The van der Waals surface area contributed by atoms with Gasteiger partial charge in [-0.3, -0.25) is 4.99 Å². The number of rotatable bonds is 7. The average molecular weight is 417 g/mol. The van der Waals surface area contributed by atoms with Gasteiger partial charge in [-0.05, 0) is 45.6 Å². The van der Waals surface area contributed by atoms with Crippen molar-refractivity contribution < 1.29 is 14.3 Å². The van der Waals surface area contributed by atoms with E-state index in [9.17, 15) is 4.79 Å². The fourth-order valence-electron chi connectivity index (χ4n) is 3.23. The molecular weight excluding hydrogens is 380 g/mol. The molecule has 1 aromatic rings.